The van der Waals surface area contributed by atoms with E-state index < -0.39 is 0 Å². The smallest absolute Gasteiger partial charge is 0.317 e. The molecule has 31 heavy (non-hydrogen) atoms. The van der Waals surface area contributed by atoms with Crippen LogP contribution in [0.1, 0.15) is 31.2 Å². The molecule has 3 heterocycles. The minimum Gasteiger partial charge on any atom is -0.353 e. The van der Waals surface area contributed by atoms with E-state index in [-0.39, 0.29) is 11.9 Å². The van der Waals surface area contributed by atoms with E-state index in [1.54, 1.807) is 6.20 Å². The molecule has 1 saturated heterocycles. The summed E-state index contributed by atoms with van der Waals surface area (Å²) in [6.07, 6.45) is 1.76. The Bertz CT molecular complexity index is 1010. The first-order valence-corrected chi connectivity index (χ1v) is 10.7. The molecule has 2 amide bonds. The fourth-order valence-electron chi connectivity index (χ4n) is 3.32. The number of aromatic nitrogens is 3. The zero-order valence-electron chi connectivity index (χ0n) is 17.6. The van der Waals surface area contributed by atoms with E-state index in [0.29, 0.717) is 36.4 Å². The fourth-order valence-corrected chi connectivity index (χ4v) is 3.45. The van der Waals surface area contributed by atoms with Gasteiger partial charge in [0.25, 0.3) is 0 Å². The van der Waals surface area contributed by atoms with Gasteiger partial charge in [0.1, 0.15) is 5.82 Å². The first-order chi connectivity index (χ1) is 15.0. The fraction of sp³-hybridized carbons (Fsp3) is 0.364. The van der Waals surface area contributed by atoms with Gasteiger partial charge < -0.3 is 19.6 Å². The number of amides is 2. The summed E-state index contributed by atoms with van der Waals surface area (Å²) >= 11 is 5.90. The van der Waals surface area contributed by atoms with E-state index in [4.69, 9.17) is 16.1 Å². The van der Waals surface area contributed by atoms with Gasteiger partial charge in [-0.2, -0.15) is 4.98 Å². The standard InChI is InChI=1S/C22H25ClN6O2/c1-15(2)21-26-20(27-31-21)17-5-8-19(24-14-17)28-9-11-29(12-10-28)22(30)25-13-16-3-6-18(23)7-4-16/h3-8,14-15H,9-13H2,1-2H3,(H,25,30). The number of piperazine rings is 1. The Balaban J connectivity index is 1.28. The summed E-state index contributed by atoms with van der Waals surface area (Å²) in [4.78, 5) is 25.4. The van der Waals surface area contributed by atoms with Crippen molar-refractivity contribution in [2.45, 2.75) is 26.3 Å². The third kappa shape index (κ3) is 5.14. The maximum atomic E-state index is 12.5. The molecular weight excluding hydrogens is 416 g/mol. The molecule has 0 saturated carbocycles. The molecule has 1 aromatic carbocycles. The molecule has 3 aromatic rings. The van der Waals surface area contributed by atoms with Gasteiger partial charge in [-0.3, -0.25) is 0 Å². The van der Waals surface area contributed by atoms with Crippen LogP contribution in [0.15, 0.2) is 47.1 Å². The lowest BCUT2D eigenvalue weighted by molar-refractivity contribution is 0.194. The molecule has 1 aliphatic heterocycles. The third-order valence-corrected chi connectivity index (χ3v) is 5.44. The first kappa shape index (κ1) is 21.1. The number of anilines is 1. The van der Waals surface area contributed by atoms with Gasteiger partial charge in [0, 0.05) is 55.4 Å². The number of pyridine rings is 1. The molecule has 1 aliphatic rings. The van der Waals surface area contributed by atoms with Crippen LogP contribution in [0.4, 0.5) is 10.6 Å². The van der Waals surface area contributed by atoms with Crippen molar-refractivity contribution in [2.24, 2.45) is 0 Å². The molecule has 0 spiro atoms. The maximum absolute atomic E-state index is 12.5. The minimum absolute atomic E-state index is 0.0593. The van der Waals surface area contributed by atoms with E-state index in [2.05, 4.69) is 25.3 Å². The number of benzene rings is 1. The topological polar surface area (TPSA) is 87.4 Å². The highest BCUT2D eigenvalue weighted by Crippen LogP contribution is 2.21. The molecular formula is C22H25ClN6O2. The van der Waals surface area contributed by atoms with Crippen LogP contribution in [0.5, 0.6) is 0 Å². The zero-order chi connectivity index (χ0) is 21.8. The molecule has 1 N–H and O–H groups in total. The number of carbonyl (C=O) groups is 1. The second-order valence-corrected chi connectivity index (χ2v) is 8.21. The summed E-state index contributed by atoms with van der Waals surface area (Å²) in [5.74, 6) is 2.22. The summed E-state index contributed by atoms with van der Waals surface area (Å²) in [6.45, 7) is 7.22. The number of rotatable bonds is 5. The van der Waals surface area contributed by atoms with Crippen molar-refractivity contribution >= 4 is 23.4 Å². The van der Waals surface area contributed by atoms with Crippen LogP contribution < -0.4 is 10.2 Å². The third-order valence-electron chi connectivity index (χ3n) is 5.19. The molecule has 0 bridgehead atoms. The van der Waals surface area contributed by atoms with Crippen LogP contribution in [-0.4, -0.2) is 52.2 Å². The van der Waals surface area contributed by atoms with Crippen LogP contribution in [0.2, 0.25) is 5.02 Å². The van der Waals surface area contributed by atoms with Gasteiger partial charge in [-0.15, -0.1) is 0 Å². The quantitative estimate of drug-likeness (QED) is 0.646. The SMILES string of the molecule is CC(C)c1nc(-c2ccc(N3CCN(C(=O)NCc4ccc(Cl)cc4)CC3)nc2)no1. The normalized spacial score (nSPS) is 14.2. The molecule has 0 radical (unpaired) electrons. The van der Waals surface area contributed by atoms with E-state index in [9.17, 15) is 4.79 Å². The molecule has 2 aromatic heterocycles. The number of urea groups is 1. The van der Waals surface area contributed by atoms with Gasteiger partial charge in [-0.25, -0.2) is 9.78 Å². The summed E-state index contributed by atoms with van der Waals surface area (Å²) in [5, 5.41) is 7.68. The second-order valence-electron chi connectivity index (χ2n) is 7.78. The van der Waals surface area contributed by atoms with Gasteiger partial charge in [0.2, 0.25) is 11.7 Å². The molecule has 8 nitrogen and oxygen atoms in total. The number of nitrogens with zero attached hydrogens (tertiary/aromatic N) is 5. The largest absolute Gasteiger partial charge is 0.353 e. The number of carbonyl (C=O) groups excluding carboxylic acids is 1. The average Bonchev–Trinajstić information content (AvgIpc) is 3.30. The van der Waals surface area contributed by atoms with Crippen molar-refractivity contribution in [3.05, 3.63) is 59.1 Å². The molecule has 9 heteroatoms. The highest BCUT2D eigenvalue weighted by atomic mass is 35.5. The Morgan fingerprint density at radius 1 is 1.13 bits per heavy atom. The highest BCUT2D eigenvalue weighted by Gasteiger charge is 2.22. The van der Waals surface area contributed by atoms with Crippen molar-refractivity contribution in [3.8, 4) is 11.4 Å². The number of hydrogen-bond donors (Lipinski definition) is 1. The predicted molar refractivity (Wildman–Crippen MR) is 119 cm³/mol. The number of hydrogen-bond acceptors (Lipinski definition) is 6. The molecule has 162 valence electrons. The Morgan fingerprint density at radius 2 is 1.87 bits per heavy atom. The summed E-state index contributed by atoms with van der Waals surface area (Å²) < 4.78 is 5.27. The van der Waals surface area contributed by atoms with Crippen LogP contribution in [0.3, 0.4) is 0 Å². The summed E-state index contributed by atoms with van der Waals surface area (Å²) in [5.41, 5.74) is 1.84. The van der Waals surface area contributed by atoms with Crippen molar-refractivity contribution in [3.63, 3.8) is 0 Å². The maximum Gasteiger partial charge on any atom is 0.317 e. The lowest BCUT2D eigenvalue weighted by atomic mass is 10.2. The highest BCUT2D eigenvalue weighted by molar-refractivity contribution is 6.30. The molecule has 0 aliphatic carbocycles. The zero-order valence-corrected chi connectivity index (χ0v) is 18.3. The van der Waals surface area contributed by atoms with Crippen molar-refractivity contribution in [1.82, 2.24) is 25.3 Å². The molecule has 4 rings (SSSR count). The minimum atomic E-state index is -0.0593. The Hall–Kier alpha value is -3.13. The molecule has 0 unspecified atom stereocenters. The van der Waals surface area contributed by atoms with Gasteiger partial charge in [-0.1, -0.05) is 42.7 Å². The van der Waals surface area contributed by atoms with E-state index in [1.807, 2.05) is 55.1 Å². The lowest BCUT2D eigenvalue weighted by Gasteiger charge is -2.35. The van der Waals surface area contributed by atoms with E-state index in [1.165, 1.54) is 0 Å². The average molecular weight is 441 g/mol. The Labute approximate surface area is 186 Å². The summed E-state index contributed by atoms with van der Waals surface area (Å²) in [7, 11) is 0. The Morgan fingerprint density at radius 3 is 2.48 bits per heavy atom. The van der Waals surface area contributed by atoms with Crippen LogP contribution in [0.25, 0.3) is 11.4 Å². The predicted octanol–water partition coefficient (Wildman–Crippen LogP) is 3.94. The van der Waals surface area contributed by atoms with Crippen LogP contribution in [0, 0.1) is 0 Å². The van der Waals surface area contributed by atoms with Gasteiger partial charge in [0.05, 0.1) is 0 Å². The van der Waals surface area contributed by atoms with Crippen molar-refractivity contribution in [2.75, 3.05) is 31.1 Å². The molecule has 0 atom stereocenters. The Kier molecular flexibility index (Phi) is 6.36. The number of nitrogens with one attached hydrogen (secondary N) is 1. The van der Waals surface area contributed by atoms with E-state index >= 15 is 0 Å². The van der Waals surface area contributed by atoms with E-state index in [0.717, 1.165) is 30.0 Å². The van der Waals surface area contributed by atoms with Gasteiger partial charge >= 0.3 is 6.03 Å². The first-order valence-electron chi connectivity index (χ1n) is 10.3. The van der Waals surface area contributed by atoms with Crippen molar-refractivity contribution < 1.29 is 9.32 Å². The number of halogens is 1. The lowest BCUT2D eigenvalue weighted by Crippen LogP contribution is -2.51. The summed E-state index contributed by atoms with van der Waals surface area (Å²) in [6, 6.07) is 11.3. The monoisotopic (exact) mass is 440 g/mol. The van der Waals surface area contributed by atoms with Crippen LogP contribution in [-0.2, 0) is 6.54 Å². The second kappa shape index (κ2) is 9.34. The molecule has 1 fully saturated rings. The van der Waals surface area contributed by atoms with Gasteiger partial charge in [-0.05, 0) is 29.8 Å². The van der Waals surface area contributed by atoms with Crippen LogP contribution >= 0.6 is 11.6 Å². The van der Waals surface area contributed by atoms with Crippen molar-refractivity contribution in [1.29, 1.82) is 0 Å². The van der Waals surface area contributed by atoms with Gasteiger partial charge in [0.15, 0.2) is 0 Å².